The van der Waals surface area contributed by atoms with Crippen LogP contribution >= 0.6 is 11.6 Å². The minimum absolute atomic E-state index is 0.0570. The lowest BCUT2D eigenvalue weighted by Gasteiger charge is -2.20. The Kier molecular flexibility index (Phi) is 3.43. The van der Waals surface area contributed by atoms with Crippen LogP contribution in [0.4, 0.5) is 0 Å². The number of benzene rings is 1. The van der Waals surface area contributed by atoms with Gasteiger partial charge < -0.3 is 14.8 Å². The van der Waals surface area contributed by atoms with E-state index >= 15 is 0 Å². The number of ether oxygens (including phenoxy) is 2. The first-order valence-electron chi connectivity index (χ1n) is 4.93. The Morgan fingerprint density at radius 3 is 3.12 bits per heavy atom. The van der Waals surface area contributed by atoms with Crippen LogP contribution in [0.5, 0.6) is 5.75 Å². The SMILES string of the molecule is CNCC(=O)c1c(Cl)ccc2c1COCO2. The Bertz CT molecular complexity index is 420. The van der Waals surface area contributed by atoms with Crippen LogP contribution in [0, 0.1) is 0 Å². The lowest BCUT2D eigenvalue weighted by Crippen LogP contribution is -2.22. The first-order chi connectivity index (χ1) is 7.74. The summed E-state index contributed by atoms with van der Waals surface area (Å²) < 4.78 is 10.5. The van der Waals surface area contributed by atoms with Crippen molar-refractivity contribution >= 4 is 17.4 Å². The molecule has 1 aliphatic rings. The van der Waals surface area contributed by atoms with Crippen molar-refractivity contribution in [1.82, 2.24) is 5.32 Å². The molecular weight excluding hydrogens is 230 g/mol. The van der Waals surface area contributed by atoms with E-state index in [1.807, 2.05) is 0 Å². The maximum absolute atomic E-state index is 11.9. The molecule has 0 spiro atoms. The van der Waals surface area contributed by atoms with Crippen LogP contribution in [-0.4, -0.2) is 26.2 Å². The van der Waals surface area contributed by atoms with Crippen LogP contribution in [0.2, 0.25) is 5.02 Å². The molecule has 0 bridgehead atoms. The summed E-state index contributed by atoms with van der Waals surface area (Å²) in [6, 6.07) is 3.44. The van der Waals surface area contributed by atoms with E-state index in [0.717, 1.165) is 5.56 Å². The summed E-state index contributed by atoms with van der Waals surface area (Å²) in [5.41, 5.74) is 1.23. The van der Waals surface area contributed by atoms with Crippen molar-refractivity contribution in [3.63, 3.8) is 0 Å². The second-order valence-corrected chi connectivity index (χ2v) is 3.87. The highest BCUT2D eigenvalue weighted by Crippen LogP contribution is 2.32. The fourth-order valence-electron chi connectivity index (χ4n) is 1.68. The van der Waals surface area contributed by atoms with Gasteiger partial charge in [-0.05, 0) is 19.2 Å². The van der Waals surface area contributed by atoms with Crippen molar-refractivity contribution < 1.29 is 14.3 Å². The standard InChI is InChI=1S/C11H12ClNO3/c1-13-4-9(14)11-7-5-15-6-16-10(7)3-2-8(11)12/h2-3,13H,4-6H2,1H3. The summed E-state index contributed by atoms with van der Waals surface area (Å²) in [7, 11) is 1.72. The number of nitrogens with one attached hydrogen (secondary N) is 1. The predicted octanol–water partition coefficient (Wildman–Crippen LogP) is 1.61. The van der Waals surface area contributed by atoms with Crippen molar-refractivity contribution in [2.45, 2.75) is 6.61 Å². The zero-order valence-corrected chi connectivity index (χ0v) is 9.63. The van der Waals surface area contributed by atoms with Gasteiger partial charge in [0, 0.05) is 11.1 Å². The first-order valence-corrected chi connectivity index (χ1v) is 5.31. The number of Topliss-reactive ketones (excluding diaryl/α,β-unsaturated/α-hetero) is 1. The molecule has 1 N–H and O–H groups in total. The average Bonchev–Trinajstić information content (AvgIpc) is 2.29. The monoisotopic (exact) mass is 241 g/mol. The minimum atomic E-state index is -0.0570. The maximum Gasteiger partial charge on any atom is 0.189 e. The molecule has 0 saturated heterocycles. The summed E-state index contributed by atoms with van der Waals surface area (Å²) in [6.07, 6.45) is 0. The second kappa shape index (κ2) is 4.82. The van der Waals surface area contributed by atoms with E-state index in [1.165, 1.54) is 0 Å². The van der Waals surface area contributed by atoms with Gasteiger partial charge in [0.25, 0.3) is 0 Å². The zero-order valence-electron chi connectivity index (χ0n) is 8.88. The van der Waals surface area contributed by atoms with Gasteiger partial charge in [-0.3, -0.25) is 4.79 Å². The van der Waals surface area contributed by atoms with Crippen molar-refractivity contribution in [1.29, 1.82) is 0 Å². The molecule has 2 rings (SSSR count). The van der Waals surface area contributed by atoms with Crippen LogP contribution in [0.1, 0.15) is 15.9 Å². The molecule has 0 amide bonds. The van der Waals surface area contributed by atoms with Crippen molar-refractivity contribution in [3.05, 3.63) is 28.3 Å². The third-order valence-corrected chi connectivity index (χ3v) is 2.69. The summed E-state index contributed by atoms with van der Waals surface area (Å²) in [4.78, 5) is 11.9. The van der Waals surface area contributed by atoms with E-state index in [4.69, 9.17) is 21.1 Å². The van der Waals surface area contributed by atoms with Gasteiger partial charge in [-0.1, -0.05) is 11.6 Å². The highest BCUT2D eigenvalue weighted by atomic mass is 35.5. The fourth-order valence-corrected chi connectivity index (χ4v) is 1.96. The Morgan fingerprint density at radius 1 is 1.56 bits per heavy atom. The molecule has 0 unspecified atom stereocenters. The number of hydrogen-bond acceptors (Lipinski definition) is 4. The lowest BCUT2D eigenvalue weighted by atomic mass is 10.0. The molecular formula is C11H12ClNO3. The first kappa shape index (κ1) is 11.4. The summed E-state index contributed by atoms with van der Waals surface area (Å²) in [6.45, 7) is 0.825. The van der Waals surface area contributed by atoms with Gasteiger partial charge in [-0.15, -0.1) is 0 Å². The smallest absolute Gasteiger partial charge is 0.189 e. The Balaban J connectivity index is 2.45. The van der Waals surface area contributed by atoms with E-state index in [0.29, 0.717) is 22.9 Å². The van der Waals surface area contributed by atoms with Crippen LogP contribution in [0.25, 0.3) is 0 Å². The van der Waals surface area contributed by atoms with E-state index in [-0.39, 0.29) is 19.1 Å². The second-order valence-electron chi connectivity index (χ2n) is 3.46. The quantitative estimate of drug-likeness (QED) is 0.817. The van der Waals surface area contributed by atoms with Crippen LogP contribution in [0.3, 0.4) is 0 Å². The van der Waals surface area contributed by atoms with Gasteiger partial charge in [-0.25, -0.2) is 0 Å². The van der Waals surface area contributed by atoms with Gasteiger partial charge in [0.1, 0.15) is 5.75 Å². The molecule has 0 radical (unpaired) electrons. The fraction of sp³-hybridized carbons (Fsp3) is 0.364. The molecule has 0 aromatic heterocycles. The minimum Gasteiger partial charge on any atom is -0.467 e. The summed E-state index contributed by atoms with van der Waals surface area (Å²) in [5, 5.41) is 3.25. The summed E-state index contributed by atoms with van der Waals surface area (Å²) in [5.74, 6) is 0.619. The van der Waals surface area contributed by atoms with Crippen molar-refractivity contribution in [3.8, 4) is 5.75 Å². The molecule has 0 fully saturated rings. The number of carbonyl (C=O) groups is 1. The molecule has 1 heterocycles. The van der Waals surface area contributed by atoms with Gasteiger partial charge >= 0.3 is 0 Å². The van der Waals surface area contributed by atoms with Crippen molar-refractivity contribution in [2.75, 3.05) is 20.4 Å². The van der Waals surface area contributed by atoms with Gasteiger partial charge in [0.05, 0.1) is 18.2 Å². The Morgan fingerprint density at radius 2 is 2.38 bits per heavy atom. The van der Waals surface area contributed by atoms with E-state index < -0.39 is 0 Å². The number of carbonyl (C=O) groups excluding carboxylic acids is 1. The van der Waals surface area contributed by atoms with Gasteiger partial charge in [0.15, 0.2) is 12.6 Å². The van der Waals surface area contributed by atoms with Gasteiger partial charge in [0.2, 0.25) is 0 Å². The highest BCUT2D eigenvalue weighted by molar-refractivity contribution is 6.34. The lowest BCUT2D eigenvalue weighted by molar-refractivity contribution is -0.0167. The molecule has 0 saturated carbocycles. The third-order valence-electron chi connectivity index (χ3n) is 2.38. The molecule has 86 valence electrons. The van der Waals surface area contributed by atoms with Crippen LogP contribution in [0.15, 0.2) is 12.1 Å². The van der Waals surface area contributed by atoms with E-state index in [2.05, 4.69) is 5.32 Å². The number of ketones is 1. The molecule has 16 heavy (non-hydrogen) atoms. The van der Waals surface area contributed by atoms with Crippen LogP contribution in [-0.2, 0) is 11.3 Å². The molecule has 1 aromatic carbocycles. The molecule has 0 atom stereocenters. The molecule has 1 aromatic rings. The summed E-state index contributed by atoms with van der Waals surface area (Å²) >= 11 is 6.03. The van der Waals surface area contributed by atoms with Crippen molar-refractivity contribution in [2.24, 2.45) is 0 Å². The third kappa shape index (κ3) is 2.04. The normalized spacial score (nSPS) is 14.1. The number of hydrogen-bond donors (Lipinski definition) is 1. The molecule has 5 heteroatoms. The number of halogens is 1. The molecule has 0 aliphatic carbocycles. The highest BCUT2D eigenvalue weighted by Gasteiger charge is 2.21. The van der Waals surface area contributed by atoms with E-state index in [9.17, 15) is 4.79 Å². The van der Waals surface area contributed by atoms with Gasteiger partial charge in [-0.2, -0.15) is 0 Å². The average molecular weight is 242 g/mol. The molecule has 4 nitrogen and oxygen atoms in total. The number of fused-ring (bicyclic) bond motifs is 1. The topological polar surface area (TPSA) is 47.6 Å². The van der Waals surface area contributed by atoms with Crippen LogP contribution < -0.4 is 10.1 Å². The molecule has 1 aliphatic heterocycles. The zero-order chi connectivity index (χ0) is 11.5. The number of rotatable bonds is 3. The Labute approximate surface area is 98.5 Å². The van der Waals surface area contributed by atoms with E-state index in [1.54, 1.807) is 19.2 Å². The largest absolute Gasteiger partial charge is 0.467 e. The predicted molar refractivity (Wildman–Crippen MR) is 60.0 cm³/mol. The maximum atomic E-state index is 11.9. The number of likely N-dealkylation sites (N-methyl/N-ethyl adjacent to an activating group) is 1. The Hall–Kier alpha value is -1.10.